The lowest BCUT2D eigenvalue weighted by atomic mass is 10.1. The van der Waals surface area contributed by atoms with Crippen LogP contribution in [0.1, 0.15) is 27.2 Å². The summed E-state index contributed by atoms with van der Waals surface area (Å²) >= 11 is 0. The van der Waals surface area contributed by atoms with Gasteiger partial charge >= 0.3 is 0 Å². The van der Waals surface area contributed by atoms with Crippen molar-refractivity contribution in [3.05, 3.63) is 24.3 Å². The van der Waals surface area contributed by atoms with Gasteiger partial charge in [-0.15, -0.1) is 0 Å². The van der Waals surface area contributed by atoms with E-state index in [0.29, 0.717) is 11.4 Å². The second-order valence-electron chi connectivity index (χ2n) is 6.63. The Hall–Kier alpha value is -2.57. The third-order valence-corrected chi connectivity index (χ3v) is 3.33. The molecule has 7 nitrogen and oxygen atoms in total. The quantitative estimate of drug-likeness (QED) is 0.835. The van der Waals surface area contributed by atoms with Crippen molar-refractivity contribution in [2.24, 2.45) is 0 Å². The van der Waals surface area contributed by atoms with Crippen LogP contribution in [-0.4, -0.2) is 43.0 Å². The Kier molecular flexibility index (Phi) is 5.43. The van der Waals surface area contributed by atoms with E-state index < -0.39 is 0 Å². The van der Waals surface area contributed by atoms with Crippen LogP contribution in [0.25, 0.3) is 0 Å². The Morgan fingerprint density at radius 3 is 2.62 bits per heavy atom. The maximum Gasteiger partial charge on any atom is 0.265 e. The van der Waals surface area contributed by atoms with E-state index in [4.69, 9.17) is 4.74 Å². The predicted molar refractivity (Wildman–Crippen MR) is 89.8 cm³/mol. The number of ether oxygens (including phenoxy) is 1. The highest BCUT2D eigenvalue weighted by atomic mass is 16.5. The molecule has 0 saturated heterocycles. The van der Waals surface area contributed by atoms with Crippen LogP contribution in [0.2, 0.25) is 0 Å². The minimum absolute atomic E-state index is 0.0351. The van der Waals surface area contributed by atoms with Crippen molar-refractivity contribution in [3.8, 4) is 5.75 Å². The summed E-state index contributed by atoms with van der Waals surface area (Å²) in [5.41, 5.74) is 0.318. The van der Waals surface area contributed by atoms with Crippen LogP contribution in [0.5, 0.6) is 5.75 Å². The van der Waals surface area contributed by atoms with Crippen molar-refractivity contribution in [3.63, 3.8) is 0 Å². The molecule has 0 aliphatic carbocycles. The molecule has 0 atom stereocenters. The highest BCUT2D eigenvalue weighted by molar-refractivity contribution is 5.98. The largest absolute Gasteiger partial charge is 0.482 e. The predicted octanol–water partition coefficient (Wildman–Crippen LogP) is 0.833. The summed E-state index contributed by atoms with van der Waals surface area (Å²) < 4.78 is 5.35. The third kappa shape index (κ3) is 4.97. The van der Waals surface area contributed by atoms with Crippen molar-refractivity contribution in [2.45, 2.75) is 32.7 Å². The molecule has 0 aromatic heterocycles. The van der Waals surface area contributed by atoms with Gasteiger partial charge in [-0.2, -0.15) is 0 Å². The molecule has 130 valence electrons. The number of carbonyl (C=O) groups is 3. The molecule has 2 N–H and O–H groups in total. The van der Waals surface area contributed by atoms with E-state index in [1.807, 2.05) is 32.9 Å². The average molecular weight is 333 g/mol. The van der Waals surface area contributed by atoms with E-state index >= 15 is 0 Å². The summed E-state index contributed by atoms with van der Waals surface area (Å²) in [6.45, 7) is 5.74. The van der Waals surface area contributed by atoms with Crippen LogP contribution in [-0.2, 0) is 14.4 Å². The number of para-hydroxylation sites is 2. The molecule has 24 heavy (non-hydrogen) atoms. The van der Waals surface area contributed by atoms with E-state index in [-0.39, 0.29) is 49.4 Å². The number of benzene rings is 1. The van der Waals surface area contributed by atoms with Gasteiger partial charge in [-0.3, -0.25) is 14.4 Å². The molecule has 1 aliphatic heterocycles. The van der Waals surface area contributed by atoms with Gasteiger partial charge in [0.1, 0.15) is 5.75 Å². The van der Waals surface area contributed by atoms with Gasteiger partial charge in [0.2, 0.25) is 11.8 Å². The van der Waals surface area contributed by atoms with E-state index in [9.17, 15) is 14.4 Å². The first kappa shape index (κ1) is 17.8. The van der Waals surface area contributed by atoms with Gasteiger partial charge in [0.05, 0.1) is 12.2 Å². The fraction of sp³-hybridized carbons (Fsp3) is 0.471. The number of carbonyl (C=O) groups excluding carboxylic acids is 3. The highest BCUT2D eigenvalue weighted by Gasteiger charge is 2.25. The number of hydrogen-bond donors (Lipinski definition) is 2. The topological polar surface area (TPSA) is 87.7 Å². The van der Waals surface area contributed by atoms with Crippen LogP contribution in [0, 0.1) is 0 Å². The molecule has 3 amide bonds. The summed E-state index contributed by atoms with van der Waals surface area (Å²) in [5.74, 6) is -0.0893. The van der Waals surface area contributed by atoms with Crippen molar-refractivity contribution in [2.75, 3.05) is 24.6 Å². The fourth-order valence-corrected chi connectivity index (χ4v) is 2.34. The summed E-state index contributed by atoms with van der Waals surface area (Å²) in [5, 5.41) is 5.33. The van der Waals surface area contributed by atoms with Gasteiger partial charge in [0.25, 0.3) is 5.91 Å². The first-order valence-corrected chi connectivity index (χ1v) is 7.86. The number of rotatable bonds is 5. The molecule has 0 radical (unpaired) electrons. The van der Waals surface area contributed by atoms with Crippen LogP contribution in [0.4, 0.5) is 5.69 Å². The Balaban J connectivity index is 1.84. The molecule has 1 heterocycles. The van der Waals surface area contributed by atoms with E-state index in [0.717, 1.165) is 0 Å². The second kappa shape index (κ2) is 7.33. The number of nitrogens with zero attached hydrogens (tertiary/aromatic N) is 1. The van der Waals surface area contributed by atoms with Crippen LogP contribution >= 0.6 is 0 Å². The Bertz CT molecular complexity index is 637. The molecule has 2 rings (SSSR count). The maximum atomic E-state index is 12.0. The zero-order valence-corrected chi connectivity index (χ0v) is 14.2. The summed E-state index contributed by atoms with van der Waals surface area (Å²) in [6.07, 6.45) is 0.114. The van der Waals surface area contributed by atoms with Gasteiger partial charge in [-0.1, -0.05) is 12.1 Å². The maximum absolute atomic E-state index is 12.0. The molecule has 1 aromatic carbocycles. The van der Waals surface area contributed by atoms with Crippen LogP contribution in [0.15, 0.2) is 24.3 Å². The van der Waals surface area contributed by atoms with Gasteiger partial charge in [0, 0.05) is 18.5 Å². The lowest BCUT2D eigenvalue weighted by Gasteiger charge is -2.29. The summed E-state index contributed by atoms with van der Waals surface area (Å²) in [6, 6.07) is 7.20. The van der Waals surface area contributed by atoms with Gasteiger partial charge < -0.3 is 20.3 Å². The zero-order chi connectivity index (χ0) is 17.7. The van der Waals surface area contributed by atoms with E-state index in [1.165, 1.54) is 4.90 Å². The first-order valence-electron chi connectivity index (χ1n) is 7.86. The SMILES string of the molecule is CC(C)(C)NC(=O)CNC(=O)CCN1C(=O)COc2ccccc21. The zero-order valence-electron chi connectivity index (χ0n) is 14.2. The number of nitrogens with one attached hydrogen (secondary N) is 2. The smallest absolute Gasteiger partial charge is 0.265 e. The minimum atomic E-state index is -0.342. The monoisotopic (exact) mass is 333 g/mol. The van der Waals surface area contributed by atoms with Crippen LogP contribution < -0.4 is 20.3 Å². The van der Waals surface area contributed by atoms with Crippen molar-refractivity contribution in [1.29, 1.82) is 0 Å². The molecule has 0 saturated carbocycles. The molecule has 7 heteroatoms. The second-order valence-corrected chi connectivity index (χ2v) is 6.63. The van der Waals surface area contributed by atoms with Crippen LogP contribution in [0.3, 0.4) is 0 Å². The number of fused-ring (bicyclic) bond motifs is 1. The molecule has 0 spiro atoms. The lowest BCUT2D eigenvalue weighted by Crippen LogP contribution is -2.46. The van der Waals surface area contributed by atoms with Crippen molar-refractivity contribution < 1.29 is 19.1 Å². The highest BCUT2D eigenvalue weighted by Crippen LogP contribution is 2.31. The normalized spacial score (nSPS) is 13.8. The number of hydrogen-bond acceptors (Lipinski definition) is 4. The Morgan fingerprint density at radius 1 is 1.21 bits per heavy atom. The fourth-order valence-electron chi connectivity index (χ4n) is 2.34. The molecular formula is C17H23N3O4. The molecule has 0 fully saturated rings. The third-order valence-electron chi connectivity index (χ3n) is 3.33. The van der Waals surface area contributed by atoms with E-state index in [2.05, 4.69) is 10.6 Å². The molecule has 1 aliphatic rings. The first-order chi connectivity index (χ1) is 11.3. The van der Waals surface area contributed by atoms with Crippen molar-refractivity contribution in [1.82, 2.24) is 10.6 Å². The molecular weight excluding hydrogens is 310 g/mol. The van der Waals surface area contributed by atoms with Crippen molar-refractivity contribution >= 4 is 23.4 Å². The van der Waals surface area contributed by atoms with Gasteiger partial charge in [-0.05, 0) is 32.9 Å². The van der Waals surface area contributed by atoms with E-state index in [1.54, 1.807) is 12.1 Å². The summed E-state index contributed by atoms with van der Waals surface area (Å²) in [4.78, 5) is 37.1. The number of anilines is 1. The molecule has 1 aromatic rings. The number of amides is 3. The summed E-state index contributed by atoms with van der Waals surface area (Å²) in [7, 11) is 0. The molecule has 0 bridgehead atoms. The Morgan fingerprint density at radius 2 is 1.92 bits per heavy atom. The van der Waals surface area contributed by atoms with Gasteiger partial charge in [0.15, 0.2) is 6.61 Å². The lowest BCUT2D eigenvalue weighted by molar-refractivity contribution is -0.127. The minimum Gasteiger partial charge on any atom is -0.482 e. The van der Waals surface area contributed by atoms with Gasteiger partial charge in [-0.25, -0.2) is 0 Å². The average Bonchev–Trinajstić information content (AvgIpc) is 2.50. The standard InChI is InChI=1S/C17H23N3O4/c1-17(2,3)19-15(22)10-18-14(21)8-9-20-12-6-4-5-7-13(12)24-11-16(20)23/h4-7H,8-11H2,1-3H3,(H,18,21)(H,19,22). The molecule has 0 unspecified atom stereocenters. The Labute approximate surface area is 141 Å².